The molecule has 2 rings (SSSR count). The van der Waals surface area contributed by atoms with E-state index >= 15 is 0 Å². The lowest BCUT2D eigenvalue weighted by molar-refractivity contribution is -0.125. The van der Waals surface area contributed by atoms with Crippen molar-refractivity contribution in [1.29, 1.82) is 0 Å². The van der Waals surface area contributed by atoms with Gasteiger partial charge in [-0.2, -0.15) is 0 Å². The summed E-state index contributed by atoms with van der Waals surface area (Å²) in [4.78, 5) is 37.1. The molecule has 1 aliphatic carbocycles. The average molecular weight is 423 g/mol. The van der Waals surface area contributed by atoms with Crippen molar-refractivity contribution < 1.29 is 29.3 Å². The number of thioether (sulfide) groups is 1. The van der Waals surface area contributed by atoms with E-state index < -0.39 is 42.0 Å². The summed E-state index contributed by atoms with van der Waals surface area (Å²) < 4.78 is 5.26. The van der Waals surface area contributed by atoms with Crippen LogP contribution in [-0.2, 0) is 9.59 Å². The Hall–Kier alpha value is -2.56. The Kier molecular flexibility index (Phi) is 7.66. The van der Waals surface area contributed by atoms with Gasteiger partial charge in [-0.1, -0.05) is 6.08 Å². The van der Waals surface area contributed by atoms with Crippen LogP contribution in [0.3, 0.4) is 0 Å². The van der Waals surface area contributed by atoms with Gasteiger partial charge in [0.05, 0.1) is 24.8 Å². The maximum atomic E-state index is 12.7. The number of rotatable bonds is 7. The topological polar surface area (TPSA) is 151 Å². The number of amides is 3. The number of nitrogens with one attached hydrogen (secondary N) is 2. The molecule has 0 saturated carbocycles. The number of primary amides is 1. The van der Waals surface area contributed by atoms with E-state index in [0.717, 1.165) is 4.90 Å². The van der Waals surface area contributed by atoms with Crippen molar-refractivity contribution in [2.24, 2.45) is 5.73 Å². The normalized spacial score (nSPS) is 22.2. The smallest absolute Gasteiger partial charge is 0.255 e. The highest BCUT2D eigenvalue weighted by atomic mass is 32.2. The van der Waals surface area contributed by atoms with E-state index in [0.29, 0.717) is 5.75 Å². The van der Waals surface area contributed by atoms with Crippen molar-refractivity contribution in [1.82, 2.24) is 10.6 Å². The van der Waals surface area contributed by atoms with Gasteiger partial charge in [0.15, 0.2) is 0 Å². The summed E-state index contributed by atoms with van der Waals surface area (Å²) in [6.07, 6.45) is 0.554. The van der Waals surface area contributed by atoms with Crippen LogP contribution in [0.1, 0.15) is 23.7 Å². The third-order valence-electron chi connectivity index (χ3n) is 4.59. The Balaban J connectivity index is 2.22. The zero-order valence-electron chi connectivity index (χ0n) is 16.3. The van der Waals surface area contributed by atoms with Crippen LogP contribution >= 0.6 is 11.8 Å². The van der Waals surface area contributed by atoms with Crippen LogP contribution in [0.25, 0.3) is 0 Å². The summed E-state index contributed by atoms with van der Waals surface area (Å²) in [5, 5.41) is 25.4. The van der Waals surface area contributed by atoms with E-state index in [4.69, 9.17) is 10.5 Å². The molecule has 6 N–H and O–H groups in total. The van der Waals surface area contributed by atoms with E-state index in [2.05, 4.69) is 10.6 Å². The first-order valence-electron chi connectivity index (χ1n) is 8.87. The van der Waals surface area contributed by atoms with Gasteiger partial charge in [0, 0.05) is 16.9 Å². The van der Waals surface area contributed by atoms with Crippen molar-refractivity contribution in [3.63, 3.8) is 0 Å². The second-order valence-electron chi connectivity index (χ2n) is 6.62. The van der Waals surface area contributed by atoms with E-state index in [9.17, 15) is 24.6 Å². The van der Waals surface area contributed by atoms with Crippen LogP contribution in [-0.4, -0.2) is 65.6 Å². The van der Waals surface area contributed by atoms with Crippen LogP contribution < -0.4 is 21.1 Å². The molecule has 9 nitrogen and oxygen atoms in total. The molecule has 1 aromatic rings. The van der Waals surface area contributed by atoms with Crippen molar-refractivity contribution in [3.05, 3.63) is 35.4 Å². The number of aliphatic hydroxyl groups is 2. The lowest BCUT2D eigenvalue weighted by atomic mass is 9.89. The highest BCUT2D eigenvalue weighted by Gasteiger charge is 2.34. The Morgan fingerprint density at radius 2 is 1.97 bits per heavy atom. The molecule has 0 aromatic heterocycles. The zero-order valence-corrected chi connectivity index (χ0v) is 17.2. The predicted octanol–water partition coefficient (Wildman–Crippen LogP) is -0.443. The van der Waals surface area contributed by atoms with Crippen molar-refractivity contribution in [2.45, 2.75) is 42.5 Å². The molecular weight excluding hydrogens is 398 g/mol. The van der Waals surface area contributed by atoms with Crippen molar-refractivity contribution in [3.8, 4) is 5.75 Å². The van der Waals surface area contributed by atoms with Crippen LogP contribution in [0, 0.1) is 0 Å². The summed E-state index contributed by atoms with van der Waals surface area (Å²) >= 11 is 1.49. The van der Waals surface area contributed by atoms with Gasteiger partial charge in [-0.25, -0.2) is 0 Å². The Labute approximate surface area is 172 Å². The number of aliphatic hydroxyl groups excluding tert-OH is 2. The fourth-order valence-electron chi connectivity index (χ4n) is 2.84. The highest BCUT2D eigenvalue weighted by molar-refractivity contribution is 7.98. The molecular formula is C19H25N3O6S. The molecule has 4 atom stereocenters. The molecule has 1 aliphatic rings. The molecule has 10 heteroatoms. The first-order chi connectivity index (χ1) is 13.7. The van der Waals surface area contributed by atoms with Gasteiger partial charge in [-0.3, -0.25) is 14.4 Å². The van der Waals surface area contributed by atoms with E-state index in [-0.39, 0.29) is 17.6 Å². The van der Waals surface area contributed by atoms with Gasteiger partial charge < -0.3 is 31.3 Å². The largest absolute Gasteiger partial charge is 0.496 e. The maximum Gasteiger partial charge on any atom is 0.255 e. The molecule has 1 aromatic carbocycles. The molecule has 0 fully saturated rings. The second-order valence-corrected chi connectivity index (χ2v) is 7.50. The van der Waals surface area contributed by atoms with Gasteiger partial charge in [-0.15, -0.1) is 11.8 Å². The van der Waals surface area contributed by atoms with Gasteiger partial charge in [0.2, 0.25) is 11.8 Å². The number of hydrogen-bond acceptors (Lipinski definition) is 7. The van der Waals surface area contributed by atoms with Crippen LogP contribution in [0.15, 0.2) is 34.7 Å². The molecule has 0 bridgehead atoms. The highest BCUT2D eigenvalue weighted by Crippen LogP contribution is 2.26. The Bertz CT molecular complexity index is 828. The number of benzene rings is 1. The molecule has 29 heavy (non-hydrogen) atoms. The predicted molar refractivity (Wildman–Crippen MR) is 108 cm³/mol. The Morgan fingerprint density at radius 1 is 1.28 bits per heavy atom. The van der Waals surface area contributed by atoms with E-state index in [1.165, 1.54) is 31.9 Å². The number of carbonyl (C=O) groups excluding carboxylic acids is 3. The molecule has 0 spiro atoms. The van der Waals surface area contributed by atoms with Gasteiger partial charge in [0.25, 0.3) is 5.91 Å². The average Bonchev–Trinajstić information content (AvgIpc) is 2.70. The minimum atomic E-state index is -1.31. The number of nitrogens with two attached hydrogens (primary N) is 1. The summed E-state index contributed by atoms with van der Waals surface area (Å²) in [5.74, 6) is -1.49. The van der Waals surface area contributed by atoms with Crippen molar-refractivity contribution >= 4 is 29.5 Å². The number of methoxy groups -OCH3 is 1. The zero-order chi connectivity index (χ0) is 21.7. The summed E-state index contributed by atoms with van der Waals surface area (Å²) in [6.45, 7) is 1.43. The third-order valence-corrected chi connectivity index (χ3v) is 5.31. The van der Waals surface area contributed by atoms with Gasteiger partial charge >= 0.3 is 0 Å². The quantitative estimate of drug-likeness (QED) is 0.373. The molecule has 0 aliphatic heterocycles. The number of ether oxygens (including phenoxy) is 1. The molecule has 0 saturated heterocycles. The molecule has 3 amide bonds. The van der Waals surface area contributed by atoms with Gasteiger partial charge in [0.1, 0.15) is 17.9 Å². The molecule has 0 radical (unpaired) electrons. The Morgan fingerprint density at radius 3 is 2.55 bits per heavy atom. The maximum absolute atomic E-state index is 12.7. The molecule has 4 unspecified atom stereocenters. The van der Waals surface area contributed by atoms with Crippen LogP contribution in [0.2, 0.25) is 0 Å². The fourth-order valence-corrected chi connectivity index (χ4v) is 3.27. The standard InChI is InChI=1S/C19H25N3O6S/c1-9(17(20)25)21-18(26)10-6-13(16(24)14(23)7-10)22-19(27)12-5-4-11(29-3)8-15(12)28-2/h4-6,8-9,13-14,16,23-24H,7H2,1-3H3,(H2,20,25)(H,21,26)(H,22,27). The monoisotopic (exact) mass is 423 g/mol. The fraction of sp³-hybridized carbons (Fsp3) is 0.421. The number of carbonyl (C=O) groups is 3. The molecule has 0 heterocycles. The van der Waals surface area contributed by atoms with E-state index in [1.807, 2.05) is 6.26 Å². The second kappa shape index (κ2) is 9.77. The SMILES string of the molecule is COc1cc(SC)ccc1C(=O)NC1C=C(C(=O)NC(C)C(N)=O)CC(O)C1O. The van der Waals surface area contributed by atoms with Crippen LogP contribution in [0.4, 0.5) is 0 Å². The van der Waals surface area contributed by atoms with E-state index in [1.54, 1.807) is 18.2 Å². The first kappa shape index (κ1) is 22.7. The summed E-state index contributed by atoms with van der Waals surface area (Å²) in [5.41, 5.74) is 5.52. The van der Waals surface area contributed by atoms with Gasteiger partial charge in [-0.05, 0) is 31.4 Å². The minimum Gasteiger partial charge on any atom is -0.496 e. The minimum absolute atomic E-state index is 0.128. The summed E-state index contributed by atoms with van der Waals surface area (Å²) in [7, 11) is 1.44. The lowest BCUT2D eigenvalue weighted by Crippen LogP contribution is -2.51. The number of hydrogen-bond donors (Lipinski definition) is 5. The third kappa shape index (κ3) is 5.49. The first-order valence-corrected chi connectivity index (χ1v) is 10.1. The van der Waals surface area contributed by atoms with Crippen molar-refractivity contribution in [2.75, 3.05) is 13.4 Å². The van der Waals surface area contributed by atoms with Crippen LogP contribution in [0.5, 0.6) is 5.75 Å². The molecule has 158 valence electrons. The lowest BCUT2D eigenvalue weighted by Gasteiger charge is -2.31. The summed E-state index contributed by atoms with van der Waals surface area (Å²) in [6, 6.07) is 3.15.